The van der Waals surface area contributed by atoms with Crippen molar-refractivity contribution in [3.63, 3.8) is 0 Å². The molecular weight excluding hydrogens is 260 g/mol. The third-order valence-corrected chi connectivity index (χ3v) is 3.32. The molecule has 0 heterocycles. The molecule has 0 amide bonds. The summed E-state index contributed by atoms with van der Waals surface area (Å²) >= 11 is 0. The van der Waals surface area contributed by atoms with Crippen molar-refractivity contribution in [1.29, 1.82) is 0 Å². The zero-order valence-electron chi connectivity index (χ0n) is 11.8. The second-order valence-corrected chi connectivity index (χ2v) is 4.93. The molecule has 0 saturated heterocycles. The molecule has 2 nitrogen and oxygen atoms in total. The van der Waals surface area contributed by atoms with Gasteiger partial charge in [-0.1, -0.05) is 54.1 Å². The Morgan fingerprint density at radius 3 is 2.19 bits per heavy atom. The summed E-state index contributed by atoms with van der Waals surface area (Å²) in [6.45, 7) is 2.04. The molecule has 3 aromatic carbocycles. The molecule has 0 aliphatic heterocycles. The van der Waals surface area contributed by atoms with E-state index in [2.05, 4.69) is 0 Å². The second kappa shape index (κ2) is 5.71. The van der Waals surface area contributed by atoms with Crippen LogP contribution in [-0.2, 0) is 0 Å². The Kier molecular flexibility index (Phi) is 3.61. The molecule has 21 heavy (non-hydrogen) atoms. The molecule has 0 saturated carbocycles. The summed E-state index contributed by atoms with van der Waals surface area (Å²) in [7, 11) is 0. The SMILES string of the molecule is Cc1ccc(Oc2cccc(O)c2-c2ccccc2)cc1. The highest BCUT2D eigenvalue weighted by Crippen LogP contribution is 2.39. The average molecular weight is 276 g/mol. The molecule has 0 radical (unpaired) electrons. The van der Waals surface area contributed by atoms with Crippen molar-refractivity contribution in [2.24, 2.45) is 0 Å². The van der Waals surface area contributed by atoms with Gasteiger partial charge in [0, 0.05) is 0 Å². The summed E-state index contributed by atoms with van der Waals surface area (Å²) in [5.74, 6) is 1.61. The molecule has 0 fully saturated rings. The van der Waals surface area contributed by atoms with Crippen LogP contribution in [0.2, 0.25) is 0 Å². The summed E-state index contributed by atoms with van der Waals surface area (Å²) < 4.78 is 5.94. The van der Waals surface area contributed by atoms with Gasteiger partial charge in [-0.3, -0.25) is 0 Å². The highest BCUT2D eigenvalue weighted by molar-refractivity contribution is 5.76. The standard InChI is InChI=1S/C19H16O2/c1-14-10-12-16(13-11-14)21-18-9-5-8-17(20)19(18)15-6-3-2-4-7-15/h2-13,20H,1H3. The van der Waals surface area contributed by atoms with Crippen LogP contribution in [0.3, 0.4) is 0 Å². The average Bonchev–Trinajstić information content (AvgIpc) is 2.51. The molecule has 2 heteroatoms. The minimum absolute atomic E-state index is 0.214. The van der Waals surface area contributed by atoms with Gasteiger partial charge in [-0.15, -0.1) is 0 Å². The number of phenols is 1. The van der Waals surface area contributed by atoms with Crippen molar-refractivity contribution in [2.45, 2.75) is 6.92 Å². The lowest BCUT2D eigenvalue weighted by atomic mass is 10.0. The Hall–Kier alpha value is -2.74. The predicted molar refractivity (Wildman–Crippen MR) is 84.8 cm³/mol. The van der Waals surface area contributed by atoms with Crippen molar-refractivity contribution in [3.05, 3.63) is 78.4 Å². The summed E-state index contributed by atoms with van der Waals surface area (Å²) in [4.78, 5) is 0. The molecular formula is C19H16O2. The van der Waals surface area contributed by atoms with Gasteiger partial charge in [-0.05, 0) is 36.8 Å². The normalized spacial score (nSPS) is 10.3. The number of aryl methyl sites for hydroxylation is 1. The fourth-order valence-electron chi connectivity index (χ4n) is 2.23. The van der Waals surface area contributed by atoms with Gasteiger partial charge < -0.3 is 9.84 Å². The van der Waals surface area contributed by atoms with Crippen LogP contribution in [0.5, 0.6) is 17.2 Å². The lowest BCUT2D eigenvalue weighted by Gasteiger charge is -2.13. The number of aromatic hydroxyl groups is 1. The molecule has 3 aromatic rings. The molecule has 3 rings (SSSR count). The minimum Gasteiger partial charge on any atom is -0.507 e. The maximum absolute atomic E-state index is 10.2. The summed E-state index contributed by atoms with van der Waals surface area (Å²) in [5, 5.41) is 10.2. The highest BCUT2D eigenvalue weighted by atomic mass is 16.5. The van der Waals surface area contributed by atoms with Crippen molar-refractivity contribution < 1.29 is 9.84 Å². The number of hydrogen-bond donors (Lipinski definition) is 1. The van der Waals surface area contributed by atoms with E-state index in [1.54, 1.807) is 12.1 Å². The Morgan fingerprint density at radius 2 is 1.48 bits per heavy atom. The number of benzene rings is 3. The van der Waals surface area contributed by atoms with E-state index in [-0.39, 0.29) is 5.75 Å². The number of ether oxygens (including phenoxy) is 1. The Labute approximate surface area is 124 Å². The van der Waals surface area contributed by atoms with Gasteiger partial charge in [-0.2, -0.15) is 0 Å². The largest absolute Gasteiger partial charge is 0.507 e. The van der Waals surface area contributed by atoms with Gasteiger partial charge in [0.1, 0.15) is 17.2 Å². The van der Waals surface area contributed by atoms with Crippen LogP contribution < -0.4 is 4.74 Å². The third kappa shape index (κ3) is 2.90. The molecule has 0 spiro atoms. The van der Waals surface area contributed by atoms with E-state index in [0.29, 0.717) is 11.3 Å². The maximum Gasteiger partial charge on any atom is 0.138 e. The van der Waals surface area contributed by atoms with Crippen LogP contribution in [-0.4, -0.2) is 5.11 Å². The Morgan fingerprint density at radius 1 is 0.762 bits per heavy atom. The van der Waals surface area contributed by atoms with Crippen molar-refractivity contribution in [3.8, 4) is 28.4 Å². The van der Waals surface area contributed by atoms with E-state index < -0.39 is 0 Å². The van der Waals surface area contributed by atoms with Crippen LogP contribution in [0.25, 0.3) is 11.1 Å². The van der Waals surface area contributed by atoms with Crippen molar-refractivity contribution in [1.82, 2.24) is 0 Å². The van der Waals surface area contributed by atoms with E-state index in [1.807, 2.05) is 67.6 Å². The molecule has 104 valence electrons. The van der Waals surface area contributed by atoms with Gasteiger partial charge in [0.25, 0.3) is 0 Å². The zero-order chi connectivity index (χ0) is 14.7. The number of rotatable bonds is 3. The second-order valence-electron chi connectivity index (χ2n) is 4.93. The lowest BCUT2D eigenvalue weighted by Crippen LogP contribution is -1.89. The first-order valence-electron chi connectivity index (χ1n) is 6.86. The monoisotopic (exact) mass is 276 g/mol. The summed E-state index contributed by atoms with van der Waals surface area (Å²) in [5.41, 5.74) is 2.82. The zero-order valence-corrected chi connectivity index (χ0v) is 11.8. The van der Waals surface area contributed by atoms with Crippen molar-refractivity contribution >= 4 is 0 Å². The molecule has 0 bridgehead atoms. The molecule has 0 atom stereocenters. The van der Waals surface area contributed by atoms with Gasteiger partial charge in [-0.25, -0.2) is 0 Å². The van der Waals surface area contributed by atoms with Gasteiger partial charge >= 0.3 is 0 Å². The van der Waals surface area contributed by atoms with Crippen LogP contribution in [0.1, 0.15) is 5.56 Å². The number of hydrogen-bond acceptors (Lipinski definition) is 2. The van der Waals surface area contributed by atoms with Crippen LogP contribution in [0.15, 0.2) is 72.8 Å². The first-order valence-corrected chi connectivity index (χ1v) is 6.86. The third-order valence-electron chi connectivity index (χ3n) is 3.32. The lowest BCUT2D eigenvalue weighted by molar-refractivity contribution is 0.458. The van der Waals surface area contributed by atoms with Crippen LogP contribution in [0.4, 0.5) is 0 Å². The first-order chi connectivity index (χ1) is 10.2. The smallest absolute Gasteiger partial charge is 0.138 e. The van der Waals surface area contributed by atoms with E-state index >= 15 is 0 Å². The maximum atomic E-state index is 10.2. The number of phenolic OH excluding ortho intramolecular Hbond substituents is 1. The van der Waals surface area contributed by atoms with E-state index in [9.17, 15) is 5.11 Å². The van der Waals surface area contributed by atoms with E-state index in [0.717, 1.165) is 11.3 Å². The fraction of sp³-hybridized carbons (Fsp3) is 0.0526. The van der Waals surface area contributed by atoms with E-state index in [4.69, 9.17) is 4.74 Å². The van der Waals surface area contributed by atoms with E-state index in [1.165, 1.54) is 5.56 Å². The van der Waals surface area contributed by atoms with Gasteiger partial charge in [0.05, 0.1) is 5.56 Å². The highest BCUT2D eigenvalue weighted by Gasteiger charge is 2.11. The molecule has 0 aliphatic rings. The minimum atomic E-state index is 0.214. The quantitative estimate of drug-likeness (QED) is 0.716. The molecule has 0 unspecified atom stereocenters. The van der Waals surface area contributed by atoms with Crippen LogP contribution >= 0.6 is 0 Å². The molecule has 0 aromatic heterocycles. The van der Waals surface area contributed by atoms with Crippen molar-refractivity contribution in [2.75, 3.05) is 0 Å². The predicted octanol–water partition coefficient (Wildman–Crippen LogP) is 5.16. The summed E-state index contributed by atoms with van der Waals surface area (Å²) in [6.07, 6.45) is 0. The summed E-state index contributed by atoms with van der Waals surface area (Å²) in [6, 6.07) is 22.9. The Balaban J connectivity index is 2.03. The molecule has 1 N–H and O–H groups in total. The Bertz CT molecular complexity index is 731. The fourth-order valence-corrected chi connectivity index (χ4v) is 2.23. The topological polar surface area (TPSA) is 29.5 Å². The van der Waals surface area contributed by atoms with Gasteiger partial charge in [0.15, 0.2) is 0 Å². The van der Waals surface area contributed by atoms with Crippen LogP contribution in [0, 0.1) is 6.92 Å². The molecule has 0 aliphatic carbocycles. The van der Waals surface area contributed by atoms with Gasteiger partial charge in [0.2, 0.25) is 0 Å². The first kappa shape index (κ1) is 13.3.